The first-order valence-corrected chi connectivity index (χ1v) is 7.97. The van der Waals surface area contributed by atoms with Gasteiger partial charge in [-0.2, -0.15) is 0 Å². The number of rotatable bonds is 2. The van der Waals surface area contributed by atoms with Gasteiger partial charge in [-0.3, -0.25) is 9.59 Å². The van der Waals surface area contributed by atoms with Crippen LogP contribution in [0.3, 0.4) is 0 Å². The van der Waals surface area contributed by atoms with E-state index in [0.717, 1.165) is 5.57 Å². The van der Waals surface area contributed by atoms with E-state index < -0.39 is 0 Å². The molecule has 0 aromatic heterocycles. The van der Waals surface area contributed by atoms with Crippen LogP contribution in [0.4, 0.5) is 0 Å². The maximum Gasteiger partial charge on any atom is 0.257 e. The molecule has 2 rings (SSSR count). The molecule has 2 aliphatic rings. The largest absolute Gasteiger partial charge is 0.398 e. The highest BCUT2D eigenvalue weighted by atomic mass is 16.2. The Morgan fingerprint density at radius 2 is 1.78 bits per heavy atom. The Morgan fingerprint density at radius 1 is 1.22 bits per heavy atom. The Kier molecular flexibility index (Phi) is 5.12. The van der Waals surface area contributed by atoms with Crippen molar-refractivity contribution in [3.63, 3.8) is 0 Å². The Morgan fingerprint density at radius 3 is 2.26 bits per heavy atom. The fourth-order valence-corrected chi connectivity index (χ4v) is 3.01. The van der Waals surface area contributed by atoms with E-state index in [-0.39, 0.29) is 17.7 Å². The van der Waals surface area contributed by atoms with E-state index in [2.05, 4.69) is 19.6 Å². The predicted octanol–water partition coefficient (Wildman–Crippen LogP) is 1.59. The third kappa shape index (κ3) is 3.40. The number of hydrogen-bond acceptors (Lipinski definition) is 3. The van der Waals surface area contributed by atoms with Crippen LogP contribution in [0.5, 0.6) is 0 Å². The second-order valence-corrected chi connectivity index (χ2v) is 6.21. The molecule has 1 heterocycles. The molecule has 1 aliphatic carbocycles. The standard InChI is InChI=1S/C18H25N3O2/c1-12(5-6-19)17(22)20-7-9-21(10-8-20)18(23)16-11-13(2)14(3)15(16)4/h6,11,15H,7-10,19H2,1-4H3/t5?,15-/m0/s1. The van der Waals surface area contributed by atoms with Gasteiger partial charge in [-0.15, -0.1) is 0 Å². The Labute approximate surface area is 137 Å². The minimum absolute atomic E-state index is 0.0689. The highest BCUT2D eigenvalue weighted by Crippen LogP contribution is 2.32. The molecule has 0 unspecified atom stereocenters. The maximum atomic E-state index is 12.7. The lowest BCUT2D eigenvalue weighted by atomic mass is 9.97. The van der Waals surface area contributed by atoms with Gasteiger partial charge in [0, 0.05) is 43.9 Å². The van der Waals surface area contributed by atoms with Crippen LogP contribution >= 0.6 is 0 Å². The van der Waals surface area contributed by atoms with Gasteiger partial charge in [-0.25, -0.2) is 0 Å². The van der Waals surface area contributed by atoms with Crippen LogP contribution in [-0.4, -0.2) is 47.8 Å². The summed E-state index contributed by atoms with van der Waals surface area (Å²) in [5.41, 5.74) is 11.8. The number of carbonyl (C=O) groups is 2. The van der Waals surface area contributed by atoms with Crippen LogP contribution in [0.15, 0.2) is 40.3 Å². The number of piperazine rings is 1. The average molecular weight is 315 g/mol. The molecule has 0 saturated carbocycles. The van der Waals surface area contributed by atoms with Crippen molar-refractivity contribution in [2.24, 2.45) is 11.7 Å². The molecule has 124 valence electrons. The van der Waals surface area contributed by atoms with Crippen LogP contribution in [0.25, 0.3) is 0 Å². The molecule has 2 N–H and O–H groups in total. The highest BCUT2D eigenvalue weighted by Gasteiger charge is 2.30. The molecule has 1 saturated heterocycles. The van der Waals surface area contributed by atoms with Gasteiger partial charge in [0.1, 0.15) is 0 Å². The Balaban J connectivity index is 1.98. The minimum Gasteiger partial charge on any atom is -0.398 e. The lowest BCUT2D eigenvalue weighted by molar-refractivity contribution is -0.135. The smallest absolute Gasteiger partial charge is 0.257 e. The monoisotopic (exact) mass is 315 g/mol. The Hall–Kier alpha value is -2.26. The first-order chi connectivity index (χ1) is 10.9. The topological polar surface area (TPSA) is 66.6 Å². The molecule has 0 aromatic carbocycles. The first kappa shape index (κ1) is 17.1. The zero-order valence-corrected chi connectivity index (χ0v) is 14.3. The van der Waals surface area contributed by atoms with Crippen molar-refractivity contribution in [2.45, 2.75) is 27.7 Å². The molecule has 1 aliphatic heterocycles. The van der Waals surface area contributed by atoms with E-state index in [1.54, 1.807) is 11.8 Å². The number of nitrogens with zero attached hydrogens (tertiary/aromatic N) is 2. The molecule has 0 aromatic rings. The summed E-state index contributed by atoms with van der Waals surface area (Å²) in [5, 5.41) is 0. The summed E-state index contributed by atoms with van der Waals surface area (Å²) in [4.78, 5) is 28.5. The summed E-state index contributed by atoms with van der Waals surface area (Å²) in [6.45, 7) is 10.1. The minimum atomic E-state index is -0.0689. The predicted molar refractivity (Wildman–Crippen MR) is 90.2 cm³/mol. The van der Waals surface area contributed by atoms with E-state index >= 15 is 0 Å². The molecular formula is C18H25N3O2. The third-order valence-electron chi connectivity index (χ3n) is 4.83. The first-order valence-electron chi connectivity index (χ1n) is 7.97. The zero-order valence-electron chi connectivity index (χ0n) is 14.3. The summed E-state index contributed by atoms with van der Waals surface area (Å²) in [5.74, 6) is 0.206. The second kappa shape index (κ2) is 6.88. The summed E-state index contributed by atoms with van der Waals surface area (Å²) < 4.78 is 0. The summed E-state index contributed by atoms with van der Waals surface area (Å²) >= 11 is 0. The van der Waals surface area contributed by atoms with Crippen LogP contribution in [0.1, 0.15) is 27.7 Å². The summed E-state index contributed by atoms with van der Waals surface area (Å²) in [6, 6.07) is 0. The third-order valence-corrected chi connectivity index (χ3v) is 4.83. The number of carbonyl (C=O) groups excluding carboxylic acids is 2. The average Bonchev–Trinajstić information content (AvgIpc) is 2.81. The van der Waals surface area contributed by atoms with Crippen molar-refractivity contribution in [3.8, 4) is 0 Å². The van der Waals surface area contributed by atoms with Gasteiger partial charge in [0.15, 0.2) is 0 Å². The quantitative estimate of drug-likeness (QED) is 0.621. The molecule has 23 heavy (non-hydrogen) atoms. The van der Waals surface area contributed by atoms with Gasteiger partial charge in [0.05, 0.1) is 5.57 Å². The fourth-order valence-electron chi connectivity index (χ4n) is 3.01. The van der Waals surface area contributed by atoms with Crippen molar-refractivity contribution in [3.05, 3.63) is 40.3 Å². The van der Waals surface area contributed by atoms with Crippen molar-refractivity contribution in [2.75, 3.05) is 26.2 Å². The summed E-state index contributed by atoms with van der Waals surface area (Å²) in [6.07, 6.45) is 3.25. The van der Waals surface area contributed by atoms with Crippen molar-refractivity contribution >= 4 is 11.8 Å². The number of nitrogens with two attached hydrogens (primary N) is 1. The van der Waals surface area contributed by atoms with Crippen molar-refractivity contribution < 1.29 is 9.59 Å². The zero-order chi connectivity index (χ0) is 17.1. The molecule has 0 spiro atoms. The number of amides is 2. The van der Waals surface area contributed by atoms with E-state index in [4.69, 9.17) is 5.73 Å². The number of hydrogen-bond donors (Lipinski definition) is 1. The molecular weight excluding hydrogens is 290 g/mol. The van der Waals surface area contributed by atoms with Gasteiger partial charge in [0.2, 0.25) is 0 Å². The number of allylic oxidation sites excluding steroid dienone is 3. The van der Waals surface area contributed by atoms with E-state index in [0.29, 0.717) is 31.8 Å². The van der Waals surface area contributed by atoms with Gasteiger partial charge in [-0.05, 0) is 20.8 Å². The van der Waals surface area contributed by atoms with Gasteiger partial charge < -0.3 is 15.5 Å². The van der Waals surface area contributed by atoms with Crippen LogP contribution in [0.2, 0.25) is 0 Å². The normalized spacial score (nSPS) is 21.0. The van der Waals surface area contributed by atoms with E-state index in [1.165, 1.54) is 17.3 Å². The highest BCUT2D eigenvalue weighted by molar-refractivity contribution is 5.96. The SMILES string of the molecule is CC(=C=CN)C(=O)N1CCN(C(=O)C2=CC(C)=C(C)[C@@H]2C)CC1. The molecule has 1 atom stereocenters. The van der Waals surface area contributed by atoms with Gasteiger partial charge >= 0.3 is 0 Å². The maximum absolute atomic E-state index is 12.7. The van der Waals surface area contributed by atoms with Gasteiger partial charge in [0.25, 0.3) is 11.8 Å². The lowest BCUT2D eigenvalue weighted by Gasteiger charge is -2.35. The van der Waals surface area contributed by atoms with E-state index in [1.807, 2.05) is 17.9 Å². The van der Waals surface area contributed by atoms with Crippen LogP contribution in [-0.2, 0) is 9.59 Å². The van der Waals surface area contributed by atoms with Crippen LogP contribution < -0.4 is 5.73 Å². The summed E-state index contributed by atoms with van der Waals surface area (Å²) in [7, 11) is 0. The van der Waals surface area contributed by atoms with Crippen LogP contribution in [0, 0.1) is 5.92 Å². The molecule has 5 heteroatoms. The fraction of sp³-hybridized carbons (Fsp3) is 0.500. The molecule has 0 bridgehead atoms. The van der Waals surface area contributed by atoms with Crippen molar-refractivity contribution in [1.29, 1.82) is 0 Å². The molecule has 2 amide bonds. The molecule has 5 nitrogen and oxygen atoms in total. The second-order valence-electron chi connectivity index (χ2n) is 6.21. The Bertz CT molecular complexity index is 643. The molecule has 1 fully saturated rings. The molecule has 0 radical (unpaired) electrons. The lowest BCUT2D eigenvalue weighted by Crippen LogP contribution is -2.51. The van der Waals surface area contributed by atoms with Crippen molar-refractivity contribution in [1.82, 2.24) is 9.80 Å². The van der Waals surface area contributed by atoms with E-state index in [9.17, 15) is 9.59 Å². The van der Waals surface area contributed by atoms with Gasteiger partial charge in [-0.1, -0.05) is 29.9 Å².